The topological polar surface area (TPSA) is 278 Å². The Hall–Kier alpha value is -3.30. The van der Waals surface area contributed by atoms with E-state index >= 15 is 0 Å². The first-order valence-corrected chi connectivity index (χ1v) is 13.8. The average molecular weight is 617 g/mol. The maximum Gasteiger partial charge on any atom is 0.473 e. The molecule has 2 aliphatic heterocycles. The highest BCUT2D eigenvalue weighted by Crippen LogP contribution is 2.52. The van der Waals surface area contributed by atoms with Crippen molar-refractivity contribution in [2.75, 3.05) is 33.2 Å². The largest absolute Gasteiger partial charge is 0.473 e. The summed E-state index contributed by atoms with van der Waals surface area (Å²) in [5, 5.41) is 20.9. The first-order chi connectivity index (χ1) is 20.0. The Kier molecular flexibility index (Phi) is 8.45. The summed E-state index contributed by atoms with van der Waals surface area (Å²) in [6, 6.07) is 1.08. The molecule has 3 aromatic rings. The summed E-state index contributed by atoms with van der Waals surface area (Å²) in [5.41, 5.74) is 3.31. The molecule has 42 heavy (non-hydrogen) atoms. The number of fused-ring (bicyclic) bond motifs is 1. The van der Waals surface area contributed by atoms with Crippen LogP contribution in [0.4, 0.5) is 5.95 Å². The summed E-state index contributed by atoms with van der Waals surface area (Å²) in [4.78, 5) is 59.1. The fraction of sp³-hybridized carbons (Fsp3) is 0.571. The van der Waals surface area contributed by atoms with E-state index in [1.807, 2.05) is 0 Å². The SMILES string of the molecule is COC[C@H]1O[C@@H](n2ccc(=O)[nH]c2=O)[C@H](OC)[C@@H]1OP(=O)(O)O[C@H]1[C@@H](O)[C@H](n2cnc3c(=O)[nH]c(N)nc32)O[C@@H]1CO. The molecule has 9 atom stereocenters. The summed E-state index contributed by atoms with van der Waals surface area (Å²) in [6.07, 6.45) is -8.57. The molecule has 2 saturated heterocycles. The fourth-order valence-electron chi connectivity index (χ4n) is 4.92. The summed E-state index contributed by atoms with van der Waals surface area (Å²) < 4.78 is 48.3. The molecule has 0 saturated carbocycles. The number of aromatic amines is 2. The predicted octanol–water partition coefficient (Wildman–Crippen LogP) is -3.07. The van der Waals surface area contributed by atoms with Gasteiger partial charge in [0.25, 0.3) is 11.1 Å². The molecule has 2 aliphatic rings. The lowest BCUT2D eigenvalue weighted by atomic mass is 10.1. The van der Waals surface area contributed by atoms with Gasteiger partial charge >= 0.3 is 13.5 Å². The molecule has 230 valence electrons. The van der Waals surface area contributed by atoms with Crippen LogP contribution in [-0.4, -0.2) is 108 Å². The van der Waals surface area contributed by atoms with Gasteiger partial charge in [-0.2, -0.15) is 4.98 Å². The molecule has 0 radical (unpaired) electrons. The summed E-state index contributed by atoms with van der Waals surface area (Å²) in [7, 11) is -2.54. The molecular formula is C21H28N7O13P. The molecule has 5 heterocycles. The van der Waals surface area contributed by atoms with Gasteiger partial charge in [-0.1, -0.05) is 0 Å². The van der Waals surface area contributed by atoms with Crippen LogP contribution in [-0.2, 0) is 32.6 Å². The van der Waals surface area contributed by atoms with E-state index in [1.54, 1.807) is 0 Å². The van der Waals surface area contributed by atoms with Crippen LogP contribution in [0, 0.1) is 0 Å². The third-order valence-corrected chi connectivity index (χ3v) is 7.76. The predicted molar refractivity (Wildman–Crippen MR) is 137 cm³/mol. The molecule has 5 rings (SSSR count). The second-order valence-corrected chi connectivity index (χ2v) is 10.7. The Balaban J connectivity index is 1.39. The number of nitrogen functional groups attached to an aromatic ring is 1. The van der Waals surface area contributed by atoms with Gasteiger partial charge in [-0.15, -0.1) is 0 Å². The highest BCUT2D eigenvalue weighted by atomic mass is 31.2. The lowest BCUT2D eigenvalue weighted by molar-refractivity contribution is -0.0671. The Morgan fingerprint density at radius 3 is 2.45 bits per heavy atom. The zero-order valence-electron chi connectivity index (χ0n) is 22.0. The standard InChI is InChI=1S/C21H28N7O13P/c1-36-6-9-14(15(37-2)19(39-9)27-4-3-10(30)24-21(27)33)41-42(34,35)40-13-8(5-29)38-18(12(13)31)28-7-23-11-16(28)25-20(22)26-17(11)32/h3-4,7-9,12-15,18-19,29,31H,5-6H2,1-2H3,(H,34,35)(H,24,30,33)(H3,22,25,26,32)/t8-,9-,12-,13-,14-,15-,18-,19-/m1/s1. The normalized spacial score (nSPS) is 31.1. The molecule has 7 N–H and O–H groups in total. The van der Waals surface area contributed by atoms with Gasteiger partial charge in [0.05, 0.1) is 19.5 Å². The van der Waals surface area contributed by atoms with E-state index in [9.17, 15) is 34.1 Å². The number of hydrogen-bond acceptors (Lipinski definition) is 15. The molecule has 20 nitrogen and oxygen atoms in total. The van der Waals surface area contributed by atoms with E-state index < -0.39 is 80.3 Å². The van der Waals surface area contributed by atoms with Gasteiger partial charge in [0.2, 0.25) is 5.95 Å². The minimum atomic E-state index is -5.12. The van der Waals surface area contributed by atoms with E-state index in [1.165, 1.54) is 14.2 Å². The minimum absolute atomic E-state index is 0.0574. The summed E-state index contributed by atoms with van der Waals surface area (Å²) in [6.45, 7) is -0.920. The van der Waals surface area contributed by atoms with Crippen molar-refractivity contribution in [1.82, 2.24) is 29.1 Å². The van der Waals surface area contributed by atoms with Crippen LogP contribution in [0.1, 0.15) is 12.5 Å². The molecule has 21 heteroatoms. The molecule has 0 spiro atoms. The van der Waals surface area contributed by atoms with Crippen LogP contribution in [0.2, 0.25) is 0 Å². The Morgan fingerprint density at radius 1 is 1.07 bits per heavy atom. The van der Waals surface area contributed by atoms with Crippen molar-refractivity contribution in [3.63, 3.8) is 0 Å². The minimum Gasteiger partial charge on any atom is -0.394 e. The second-order valence-electron chi connectivity index (χ2n) is 9.36. The lowest BCUT2D eigenvalue weighted by Crippen LogP contribution is -2.41. The molecule has 2 fully saturated rings. The molecule has 1 unspecified atom stereocenters. The Bertz CT molecular complexity index is 1660. The molecule has 3 aromatic heterocycles. The number of aromatic nitrogens is 6. The number of anilines is 1. The third-order valence-electron chi connectivity index (χ3n) is 6.74. The summed E-state index contributed by atoms with van der Waals surface area (Å²) in [5.74, 6) is -0.235. The number of aliphatic hydroxyl groups is 2. The van der Waals surface area contributed by atoms with E-state index in [2.05, 4.69) is 19.9 Å². The first-order valence-electron chi connectivity index (χ1n) is 12.3. The van der Waals surface area contributed by atoms with Gasteiger partial charge in [-0.3, -0.25) is 37.7 Å². The third kappa shape index (κ3) is 5.56. The number of rotatable bonds is 10. The second kappa shape index (κ2) is 11.8. The summed E-state index contributed by atoms with van der Waals surface area (Å²) >= 11 is 0. The van der Waals surface area contributed by atoms with Crippen LogP contribution in [0.15, 0.2) is 33.0 Å². The highest BCUT2D eigenvalue weighted by Gasteiger charge is 2.53. The van der Waals surface area contributed by atoms with Gasteiger partial charge in [0, 0.05) is 26.5 Å². The number of nitrogens with one attached hydrogen (secondary N) is 2. The van der Waals surface area contributed by atoms with Gasteiger partial charge in [-0.05, 0) is 0 Å². The molecule has 0 bridgehead atoms. The van der Waals surface area contributed by atoms with E-state index in [4.69, 9.17) is 33.7 Å². The van der Waals surface area contributed by atoms with Crippen LogP contribution in [0.3, 0.4) is 0 Å². The highest BCUT2D eigenvalue weighted by molar-refractivity contribution is 7.47. The average Bonchev–Trinajstić information content (AvgIpc) is 3.58. The zero-order valence-corrected chi connectivity index (χ0v) is 22.9. The monoisotopic (exact) mass is 617 g/mol. The van der Waals surface area contributed by atoms with Crippen molar-refractivity contribution < 1.29 is 47.7 Å². The molecule has 0 amide bonds. The van der Waals surface area contributed by atoms with E-state index in [0.29, 0.717) is 0 Å². The van der Waals surface area contributed by atoms with E-state index in [0.717, 1.165) is 27.7 Å². The molecular weight excluding hydrogens is 589 g/mol. The maximum absolute atomic E-state index is 13.3. The smallest absolute Gasteiger partial charge is 0.394 e. The number of ether oxygens (including phenoxy) is 4. The van der Waals surface area contributed by atoms with Crippen molar-refractivity contribution in [3.05, 3.63) is 49.8 Å². The van der Waals surface area contributed by atoms with Crippen LogP contribution < -0.4 is 22.5 Å². The van der Waals surface area contributed by atoms with Crippen molar-refractivity contribution in [1.29, 1.82) is 0 Å². The Labute approximate surface area is 234 Å². The number of methoxy groups -OCH3 is 2. The van der Waals surface area contributed by atoms with Crippen molar-refractivity contribution in [2.24, 2.45) is 0 Å². The Morgan fingerprint density at radius 2 is 1.79 bits per heavy atom. The van der Waals surface area contributed by atoms with Gasteiger partial charge in [0.1, 0.15) is 36.6 Å². The van der Waals surface area contributed by atoms with Gasteiger partial charge in [-0.25, -0.2) is 14.3 Å². The van der Waals surface area contributed by atoms with Crippen molar-refractivity contribution in [2.45, 2.75) is 49.1 Å². The van der Waals surface area contributed by atoms with Crippen LogP contribution in [0.25, 0.3) is 11.2 Å². The number of phosphoric acid groups is 1. The van der Waals surface area contributed by atoms with Crippen LogP contribution >= 0.6 is 7.82 Å². The molecule has 0 aromatic carbocycles. The van der Waals surface area contributed by atoms with E-state index in [-0.39, 0.29) is 23.7 Å². The molecule has 0 aliphatic carbocycles. The number of phosphoric ester groups is 1. The first kappa shape index (κ1) is 30.2. The number of nitrogens with zero attached hydrogens (tertiary/aromatic N) is 4. The number of imidazole rings is 1. The lowest BCUT2D eigenvalue weighted by Gasteiger charge is -2.27. The van der Waals surface area contributed by atoms with Gasteiger partial charge in [0.15, 0.2) is 23.6 Å². The number of nitrogens with two attached hydrogens (primary N) is 1. The van der Waals surface area contributed by atoms with Crippen molar-refractivity contribution in [3.8, 4) is 0 Å². The quantitative estimate of drug-likeness (QED) is 0.123. The van der Waals surface area contributed by atoms with Gasteiger partial charge < -0.3 is 39.8 Å². The number of H-pyrrole nitrogens is 2. The zero-order chi connectivity index (χ0) is 30.3. The number of hydrogen-bond donors (Lipinski definition) is 6. The van der Waals surface area contributed by atoms with Crippen molar-refractivity contribution >= 4 is 24.9 Å². The fourth-order valence-corrected chi connectivity index (χ4v) is 6.11. The van der Waals surface area contributed by atoms with Crippen LogP contribution in [0.5, 0.6) is 0 Å². The number of aliphatic hydroxyl groups excluding tert-OH is 2. The maximum atomic E-state index is 13.3.